The molecule has 4 N–H and O–H groups in total. The normalized spacial score (nSPS) is 16.0. The van der Waals surface area contributed by atoms with Crippen LogP contribution in [0.5, 0.6) is 0 Å². The summed E-state index contributed by atoms with van der Waals surface area (Å²) in [6.07, 6.45) is 4.14. The van der Waals surface area contributed by atoms with Gasteiger partial charge in [0.05, 0.1) is 0 Å². The van der Waals surface area contributed by atoms with Crippen molar-refractivity contribution in [3.8, 4) is 0 Å². The summed E-state index contributed by atoms with van der Waals surface area (Å²) in [6.45, 7) is 0.941. The fraction of sp³-hybridized carbons (Fsp3) is 0.278. The topological polar surface area (TPSA) is 106 Å². The number of nitrogens with two attached hydrogens (primary N) is 1. The van der Waals surface area contributed by atoms with E-state index in [-0.39, 0.29) is 11.8 Å². The highest BCUT2D eigenvalue weighted by Crippen LogP contribution is 2.21. The average Bonchev–Trinajstić information content (AvgIpc) is 2.63. The summed E-state index contributed by atoms with van der Waals surface area (Å²) in [4.78, 5) is 28.7. The molecule has 25 heavy (non-hydrogen) atoms. The number of aromatic nitrogens is 1. The van der Waals surface area contributed by atoms with Crippen molar-refractivity contribution in [2.24, 2.45) is 5.73 Å². The lowest BCUT2D eigenvalue weighted by molar-refractivity contribution is -0.124. The van der Waals surface area contributed by atoms with Crippen LogP contribution in [0, 0.1) is 0 Å². The Morgan fingerprint density at radius 2 is 1.76 bits per heavy atom. The second-order valence-corrected chi connectivity index (χ2v) is 5.99. The van der Waals surface area contributed by atoms with Crippen LogP contribution in [-0.2, 0) is 9.53 Å². The molecule has 3 rings (SSSR count). The fourth-order valence-corrected chi connectivity index (χ4v) is 2.59. The number of rotatable bonds is 4. The SMILES string of the molecule is NC1(C(=O)Nc2cccc(C(=O)Nc3ccncc3)c2)CCOCC1. The van der Waals surface area contributed by atoms with E-state index in [1.54, 1.807) is 48.8 Å². The van der Waals surface area contributed by atoms with Crippen LogP contribution >= 0.6 is 0 Å². The van der Waals surface area contributed by atoms with Crippen molar-refractivity contribution in [2.75, 3.05) is 23.8 Å². The first-order chi connectivity index (χ1) is 12.1. The van der Waals surface area contributed by atoms with E-state index in [4.69, 9.17) is 10.5 Å². The second kappa shape index (κ2) is 7.42. The molecule has 0 saturated carbocycles. The van der Waals surface area contributed by atoms with Crippen molar-refractivity contribution in [2.45, 2.75) is 18.4 Å². The Bertz CT molecular complexity index is 758. The Balaban J connectivity index is 1.68. The molecule has 1 aliphatic heterocycles. The third-order valence-corrected chi connectivity index (χ3v) is 4.16. The van der Waals surface area contributed by atoms with Gasteiger partial charge in [-0.25, -0.2) is 0 Å². The molecular weight excluding hydrogens is 320 g/mol. The minimum Gasteiger partial charge on any atom is -0.381 e. The van der Waals surface area contributed by atoms with E-state index < -0.39 is 5.54 Å². The molecule has 2 aromatic rings. The van der Waals surface area contributed by atoms with E-state index in [0.717, 1.165) is 0 Å². The molecule has 0 spiro atoms. The largest absolute Gasteiger partial charge is 0.381 e. The van der Waals surface area contributed by atoms with Gasteiger partial charge in [-0.2, -0.15) is 0 Å². The van der Waals surface area contributed by atoms with E-state index in [9.17, 15) is 9.59 Å². The summed E-state index contributed by atoms with van der Waals surface area (Å²) < 4.78 is 5.26. The molecule has 0 unspecified atom stereocenters. The smallest absolute Gasteiger partial charge is 0.255 e. The lowest BCUT2D eigenvalue weighted by Gasteiger charge is -2.31. The summed E-state index contributed by atoms with van der Waals surface area (Å²) in [5.41, 5.74) is 6.86. The number of hydrogen-bond donors (Lipinski definition) is 3. The van der Waals surface area contributed by atoms with Crippen molar-refractivity contribution in [1.29, 1.82) is 0 Å². The zero-order valence-electron chi connectivity index (χ0n) is 13.7. The van der Waals surface area contributed by atoms with Gasteiger partial charge in [-0.05, 0) is 43.2 Å². The zero-order chi connectivity index (χ0) is 17.7. The highest BCUT2D eigenvalue weighted by atomic mass is 16.5. The molecular formula is C18H20N4O3. The van der Waals surface area contributed by atoms with Gasteiger partial charge in [0.25, 0.3) is 5.91 Å². The van der Waals surface area contributed by atoms with Gasteiger partial charge in [-0.15, -0.1) is 0 Å². The Morgan fingerprint density at radius 3 is 2.48 bits per heavy atom. The fourth-order valence-electron chi connectivity index (χ4n) is 2.59. The molecule has 1 saturated heterocycles. The van der Waals surface area contributed by atoms with Crippen LogP contribution in [-0.4, -0.2) is 35.6 Å². The molecule has 130 valence electrons. The van der Waals surface area contributed by atoms with Crippen molar-refractivity contribution in [3.63, 3.8) is 0 Å². The third-order valence-electron chi connectivity index (χ3n) is 4.16. The summed E-state index contributed by atoms with van der Waals surface area (Å²) in [5.74, 6) is -0.529. The zero-order valence-corrected chi connectivity index (χ0v) is 13.7. The number of nitrogens with zero attached hydrogens (tertiary/aromatic N) is 1. The number of amides is 2. The summed E-state index contributed by atoms with van der Waals surface area (Å²) in [5, 5.41) is 5.58. The number of benzene rings is 1. The van der Waals surface area contributed by atoms with Crippen LogP contribution in [0.1, 0.15) is 23.2 Å². The number of nitrogens with one attached hydrogen (secondary N) is 2. The van der Waals surface area contributed by atoms with E-state index in [1.807, 2.05) is 0 Å². The van der Waals surface area contributed by atoms with E-state index >= 15 is 0 Å². The molecule has 2 amide bonds. The van der Waals surface area contributed by atoms with Crippen LogP contribution in [0.3, 0.4) is 0 Å². The van der Waals surface area contributed by atoms with Crippen molar-refractivity contribution in [3.05, 3.63) is 54.4 Å². The third kappa shape index (κ3) is 4.20. The highest BCUT2D eigenvalue weighted by Gasteiger charge is 2.35. The number of carbonyl (C=O) groups excluding carboxylic acids is 2. The van der Waals surface area contributed by atoms with Gasteiger partial charge in [0.2, 0.25) is 5.91 Å². The summed E-state index contributed by atoms with van der Waals surface area (Å²) >= 11 is 0. The Morgan fingerprint density at radius 1 is 1.04 bits per heavy atom. The van der Waals surface area contributed by atoms with Crippen LogP contribution in [0.2, 0.25) is 0 Å². The number of anilines is 2. The lowest BCUT2D eigenvalue weighted by atomic mass is 9.90. The first-order valence-corrected chi connectivity index (χ1v) is 8.06. The molecule has 1 aromatic heterocycles. The van der Waals surface area contributed by atoms with Crippen LogP contribution in [0.25, 0.3) is 0 Å². The van der Waals surface area contributed by atoms with Gasteiger partial charge < -0.3 is 21.1 Å². The predicted molar refractivity (Wildman–Crippen MR) is 94.2 cm³/mol. The van der Waals surface area contributed by atoms with Crippen molar-refractivity contribution < 1.29 is 14.3 Å². The van der Waals surface area contributed by atoms with Crippen molar-refractivity contribution in [1.82, 2.24) is 4.98 Å². The van der Waals surface area contributed by atoms with Crippen molar-refractivity contribution >= 4 is 23.2 Å². The number of hydrogen-bond acceptors (Lipinski definition) is 5. The maximum absolute atomic E-state index is 12.5. The predicted octanol–water partition coefficient (Wildman–Crippen LogP) is 1.78. The van der Waals surface area contributed by atoms with Gasteiger partial charge in [0.15, 0.2) is 0 Å². The van der Waals surface area contributed by atoms with E-state index in [1.165, 1.54) is 0 Å². The van der Waals surface area contributed by atoms with E-state index in [2.05, 4.69) is 15.6 Å². The molecule has 1 aromatic carbocycles. The first kappa shape index (κ1) is 17.1. The molecule has 7 nitrogen and oxygen atoms in total. The molecule has 0 aliphatic carbocycles. The van der Waals surface area contributed by atoms with Gasteiger partial charge in [-0.3, -0.25) is 14.6 Å². The molecule has 2 heterocycles. The molecule has 1 fully saturated rings. The van der Waals surface area contributed by atoms with Gasteiger partial charge in [0.1, 0.15) is 5.54 Å². The molecule has 0 radical (unpaired) electrons. The molecule has 0 bridgehead atoms. The quantitative estimate of drug-likeness (QED) is 0.786. The molecule has 0 atom stereocenters. The Labute approximate surface area is 145 Å². The Hall–Kier alpha value is -2.77. The Kier molecular flexibility index (Phi) is 5.06. The molecule has 1 aliphatic rings. The minimum atomic E-state index is -0.937. The van der Waals surface area contributed by atoms with Crippen LogP contribution < -0.4 is 16.4 Å². The van der Waals surface area contributed by atoms with Gasteiger partial charge >= 0.3 is 0 Å². The standard InChI is InChI=1S/C18H20N4O3/c19-18(6-10-25-11-7-18)17(24)22-15-3-1-2-13(12-15)16(23)21-14-4-8-20-9-5-14/h1-5,8-9,12H,6-7,10-11,19H2,(H,22,24)(H,20,21,23). The van der Waals surface area contributed by atoms with Gasteiger partial charge in [0, 0.05) is 42.5 Å². The number of pyridine rings is 1. The van der Waals surface area contributed by atoms with Crippen LogP contribution in [0.15, 0.2) is 48.8 Å². The van der Waals surface area contributed by atoms with E-state index in [0.29, 0.717) is 43.0 Å². The number of ether oxygens (including phenoxy) is 1. The number of carbonyl (C=O) groups is 2. The maximum atomic E-state index is 12.5. The van der Waals surface area contributed by atoms with Gasteiger partial charge in [-0.1, -0.05) is 6.07 Å². The first-order valence-electron chi connectivity index (χ1n) is 8.06. The second-order valence-electron chi connectivity index (χ2n) is 5.99. The average molecular weight is 340 g/mol. The minimum absolute atomic E-state index is 0.262. The lowest BCUT2D eigenvalue weighted by Crippen LogP contribution is -2.54. The van der Waals surface area contributed by atoms with Crippen LogP contribution in [0.4, 0.5) is 11.4 Å². The monoisotopic (exact) mass is 340 g/mol. The maximum Gasteiger partial charge on any atom is 0.255 e. The molecule has 7 heteroatoms. The highest BCUT2D eigenvalue weighted by molar-refractivity contribution is 6.05. The summed E-state index contributed by atoms with van der Waals surface area (Å²) in [7, 11) is 0. The summed E-state index contributed by atoms with van der Waals surface area (Å²) in [6, 6.07) is 10.1.